The number of amides is 1. The molecule has 0 saturated heterocycles. The molecule has 0 saturated carbocycles. The van der Waals surface area contributed by atoms with Crippen LogP contribution in [0.15, 0.2) is 24.3 Å². The summed E-state index contributed by atoms with van der Waals surface area (Å²) in [6.07, 6.45) is -0.254. The van der Waals surface area contributed by atoms with E-state index in [1.165, 1.54) is 6.07 Å². The first-order chi connectivity index (χ1) is 9.40. The number of alkyl halides is 3. The number of allylic oxidation sites excluding steroid dienone is 1. The Hall–Kier alpha value is -1.18. The van der Waals surface area contributed by atoms with Gasteiger partial charge in [0, 0.05) is 11.3 Å². The van der Waals surface area contributed by atoms with Gasteiger partial charge < -0.3 is 10.0 Å². The molecule has 3 nitrogen and oxygen atoms in total. The van der Waals surface area contributed by atoms with Gasteiger partial charge in [-0.15, -0.1) is 0 Å². The van der Waals surface area contributed by atoms with Crippen LogP contribution in [0.25, 0.3) is 5.70 Å². The smallest absolute Gasteiger partial charge is 0.256 e. The van der Waals surface area contributed by atoms with Crippen LogP contribution in [0.4, 0.5) is 8.78 Å². The van der Waals surface area contributed by atoms with Gasteiger partial charge in [0.05, 0.1) is 10.5 Å². The molecule has 0 radical (unpaired) electrons. The molecule has 20 heavy (non-hydrogen) atoms. The number of carbonyl (C=O) groups is 1. The predicted octanol–water partition coefficient (Wildman–Crippen LogP) is 3.34. The Morgan fingerprint density at radius 2 is 2.20 bits per heavy atom. The third kappa shape index (κ3) is 3.11. The molecule has 108 valence electrons. The number of hydrogen-bond acceptors (Lipinski definition) is 2. The fourth-order valence-electron chi connectivity index (χ4n) is 2.23. The van der Waals surface area contributed by atoms with Crippen molar-refractivity contribution >= 4 is 34.2 Å². The van der Waals surface area contributed by atoms with Crippen molar-refractivity contribution in [3.8, 4) is 5.75 Å². The van der Waals surface area contributed by atoms with Crippen LogP contribution >= 0.6 is 22.6 Å². The number of hydrogen-bond donors (Lipinski definition) is 1. The van der Waals surface area contributed by atoms with Gasteiger partial charge in [0.15, 0.2) is 0 Å². The first-order valence-corrected chi connectivity index (χ1v) is 7.38. The highest BCUT2D eigenvalue weighted by atomic mass is 127. The van der Waals surface area contributed by atoms with E-state index >= 15 is 0 Å². The minimum Gasteiger partial charge on any atom is -0.508 e. The van der Waals surface area contributed by atoms with Crippen LogP contribution in [0, 0.1) is 6.92 Å². The number of rotatable bonds is 3. The van der Waals surface area contributed by atoms with E-state index in [1.807, 2.05) is 22.6 Å². The SMILES string of the molecule is Cc1cc(O)ccc1C1=CCC(I)C(=O)N1CC(F)F. The summed E-state index contributed by atoms with van der Waals surface area (Å²) < 4.78 is 25.1. The van der Waals surface area contributed by atoms with E-state index in [9.17, 15) is 18.7 Å². The highest BCUT2D eigenvalue weighted by Gasteiger charge is 2.31. The minimum absolute atomic E-state index is 0.112. The molecule has 0 aliphatic carbocycles. The summed E-state index contributed by atoms with van der Waals surface area (Å²) in [7, 11) is 0. The third-order valence-electron chi connectivity index (χ3n) is 3.15. The van der Waals surface area contributed by atoms with Crippen molar-refractivity contribution in [3.05, 3.63) is 35.4 Å². The Morgan fingerprint density at radius 3 is 2.80 bits per heavy atom. The van der Waals surface area contributed by atoms with Crippen LogP contribution in [0.1, 0.15) is 17.5 Å². The maximum atomic E-state index is 12.7. The number of phenols is 1. The summed E-state index contributed by atoms with van der Waals surface area (Å²) >= 11 is 1.97. The van der Waals surface area contributed by atoms with Gasteiger partial charge >= 0.3 is 0 Å². The van der Waals surface area contributed by atoms with E-state index in [0.29, 0.717) is 17.7 Å². The van der Waals surface area contributed by atoms with E-state index in [4.69, 9.17) is 0 Å². The van der Waals surface area contributed by atoms with E-state index in [0.717, 1.165) is 10.5 Å². The molecule has 2 rings (SSSR count). The molecule has 1 heterocycles. The van der Waals surface area contributed by atoms with Gasteiger partial charge in [-0.3, -0.25) is 4.79 Å². The van der Waals surface area contributed by atoms with Gasteiger partial charge in [-0.1, -0.05) is 28.7 Å². The summed E-state index contributed by atoms with van der Waals surface area (Å²) in [4.78, 5) is 13.3. The number of carbonyl (C=O) groups excluding carboxylic acids is 1. The van der Waals surface area contributed by atoms with Crippen molar-refractivity contribution in [2.75, 3.05) is 6.54 Å². The number of phenolic OH excluding ortho intramolecular Hbond substituents is 1. The lowest BCUT2D eigenvalue weighted by Crippen LogP contribution is -2.41. The Balaban J connectivity index is 2.43. The van der Waals surface area contributed by atoms with Crippen molar-refractivity contribution in [2.45, 2.75) is 23.7 Å². The molecule has 1 amide bonds. The first kappa shape index (κ1) is 15.2. The summed E-state index contributed by atoms with van der Waals surface area (Å²) in [5.74, 6) is -0.183. The molecule has 0 spiro atoms. The van der Waals surface area contributed by atoms with Crippen LogP contribution in [0.2, 0.25) is 0 Å². The summed E-state index contributed by atoms with van der Waals surface area (Å²) in [6.45, 7) is 1.17. The highest BCUT2D eigenvalue weighted by Crippen LogP contribution is 2.32. The molecule has 0 fully saturated rings. The number of aryl methyl sites for hydroxylation is 1. The van der Waals surface area contributed by atoms with Crippen LogP contribution in [0.5, 0.6) is 5.75 Å². The molecule has 6 heteroatoms. The monoisotopic (exact) mass is 393 g/mol. The Kier molecular flexibility index (Phi) is 4.62. The number of halogens is 3. The van der Waals surface area contributed by atoms with E-state index in [-0.39, 0.29) is 15.6 Å². The molecule has 1 aliphatic heterocycles. The van der Waals surface area contributed by atoms with Crippen molar-refractivity contribution in [1.82, 2.24) is 4.90 Å². The van der Waals surface area contributed by atoms with E-state index < -0.39 is 13.0 Å². The first-order valence-electron chi connectivity index (χ1n) is 6.14. The van der Waals surface area contributed by atoms with Gasteiger partial charge in [0.1, 0.15) is 5.75 Å². The molecule has 0 bridgehead atoms. The van der Waals surface area contributed by atoms with E-state index in [2.05, 4.69) is 0 Å². The van der Waals surface area contributed by atoms with Gasteiger partial charge in [-0.05, 0) is 37.1 Å². The van der Waals surface area contributed by atoms with Crippen molar-refractivity contribution in [2.24, 2.45) is 0 Å². The second-order valence-electron chi connectivity index (χ2n) is 4.63. The molecule has 1 atom stereocenters. The van der Waals surface area contributed by atoms with Crippen LogP contribution in [0.3, 0.4) is 0 Å². The highest BCUT2D eigenvalue weighted by molar-refractivity contribution is 14.1. The maximum Gasteiger partial charge on any atom is 0.256 e. The molecular weight excluding hydrogens is 379 g/mol. The zero-order valence-electron chi connectivity index (χ0n) is 10.8. The lowest BCUT2D eigenvalue weighted by atomic mass is 10.00. The molecule has 1 aliphatic rings. The predicted molar refractivity (Wildman–Crippen MR) is 81.0 cm³/mol. The van der Waals surface area contributed by atoms with Gasteiger partial charge in [0.2, 0.25) is 5.91 Å². The summed E-state index contributed by atoms with van der Waals surface area (Å²) in [6, 6.07) is 4.69. The van der Waals surface area contributed by atoms with E-state index in [1.54, 1.807) is 25.1 Å². The van der Waals surface area contributed by atoms with Crippen LogP contribution < -0.4 is 0 Å². The second kappa shape index (κ2) is 6.07. The number of benzene rings is 1. The zero-order valence-corrected chi connectivity index (χ0v) is 13.0. The Bertz CT molecular complexity index is 560. The molecule has 1 unspecified atom stereocenters. The lowest BCUT2D eigenvalue weighted by Gasteiger charge is -2.31. The van der Waals surface area contributed by atoms with Crippen molar-refractivity contribution in [1.29, 1.82) is 0 Å². The second-order valence-corrected chi connectivity index (χ2v) is 6.14. The van der Waals surface area contributed by atoms with Crippen LogP contribution in [-0.4, -0.2) is 32.8 Å². The average Bonchev–Trinajstić information content (AvgIpc) is 2.36. The number of nitrogens with zero attached hydrogens (tertiary/aromatic N) is 1. The van der Waals surface area contributed by atoms with Crippen molar-refractivity contribution < 1.29 is 18.7 Å². The summed E-state index contributed by atoms with van der Waals surface area (Å²) in [5, 5.41) is 9.42. The minimum atomic E-state index is -2.58. The van der Waals surface area contributed by atoms with Crippen molar-refractivity contribution in [3.63, 3.8) is 0 Å². The molecule has 1 N–H and O–H groups in total. The summed E-state index contributed by atoms with van der Waals surface area (Å²) in [5.41, 5.74) is 1.94. The topological polar surface area (TPSA) is 40.5 Å². The molecule has 0 aromatic heterocycles. The fourth-order valence-corrected chi connectivity index (χ4v) is 2.82. The molecule has 1 aromatic carbocycles. The van der Waals surface area contributed by atoms with Gasteiger partial charge in [-0.2, -0.15) is 0 Å². The van der Waals surface area contributed by atoms with Gasteiger partial charge in [0.25, 0.3) is 6.43 Å². The molecular formula is C14H14F2INO2. The fraction of sp³-hybridized carbons (Fsp3) is 0.357. The number of aromatic hydroxyl groups is 1. The zero-order chi connectivity index (χ0) is 14.9. The quantitative estimate of drug-likeness (QED) is 0.632. The van der Waals surface area contributed by atoms with Crippen LogP contribution in [-0.2, 0) is 4.79 Å². The maximum absolute atomic E-state index is 12.7. The standard InChI is InChI=1S/C14H14F2INO2/c1-8-6-9(19)2-3-10(8)12-5-4-11(17)14(20)18(12)7-13(15)16/h2-3,5-6,11,13,19H,4,7H2,1H3. The Labute approximate surface area is 129 Å². The largest absolute Gasteiger partial charge is 0.508 e. The lowest BCUT2D eigenvalue weighted by molar-refractivity contribution is -0.128. The normalized spacial score (nSPS) is 19.4. The average molecular weight is 393 g/mol. The van der Waals surface area contributed by atoms with Gasteiger partial charge in [-0.25, -0.2) is 8.78 Å². The molecule has 1 aromatic rings. The Morgan fingerprint density at radius 1 is 1.50 bits per heavy atom. The third-order valence-corrected chi connectivity index (χ3v) is 4.19.